The second-order valence-corrected chi connectivity index (χ2v) is 7.47. The van der Waals surface area contributed by atoms with Crippen LogP contribution in [0.25, 0.3) is 0 Å². The molecular formula is C23H40O. The number of benzene rings is 1. The van der Waals surface area contributed by atoms with Gasteiger partial charge in [-0.1, -0.05) is 97.1 Å². The summed E-state index contributed by atoms with van der Waals surface area (Å²) in [5, 5.41) is 10.3. The van der Waals surface area contributed by atoms with E-state index in [1.54, 1.807) is 0 Å². The van der Waals surface area contributed by atoms with E-state index >= 15 is 0 Å². The number of aromatic hydroxyl groups is 1. The van der Waals surface area contributed by atoms with Gasteiger partial charge in [0.05, 0.1) is 0 Å². The second kappa shape index (κ2) is 13.3. The Balaban J connectivity index is 2.40. The van der Waals surface area contributed by atoms with Crippen LogP contribution in [0.4, 0.5) is 0 Å². The number of phenols is 1. The van der Waals surface area contributed by atoms with Crippen molar-refractivity contribution in [2.45, 2.75) is 110 Å². The van der Waals surface area contributed by atoms with Crippen molar-refractivity contribution >= 4 is 0 Å². The average Bonchev–Trinajstić information content (AvgIpc) is 2.58. The maximum atomic E-state index is 10.3. The third-order valence-electron chi connectivity index (χ3n) is 5.24. The highest BCUT2D eigenvalue weighted by Crippen LogP contribution is 2.31. The molecule has 0 saturated carbocycles. The third-order valence-corrected chi connectivity index (χ3v) is 5.24. The number of phenolic OH excluding ortho intramolecular Hbond substituents is 1. The van der Waals surface area contributed by atoms with E-state index in [2.05, 4.69) is 26.8 Å². The molecule has 1 heteroatoms. The van der Waals surface area contributed by atoms with E-state index in [1.807, 2.05) is 12.1 Å². The van der Waals surface area contributed by atoms with Crippen LogP contribution in [0.2, 0.25) is 0 Å². The Labute approximate surface area is 150 Å². The van der Waals surface area contributed by atoms with Gasteiger partial charge < -0.3 is 5.11 Å². The van der Waals surface area contributed by atoms with Gasteiger partial charge in [0.2, 0.25) is 0 Å². The summed E-state index contributed by atoms with van der Waals surface area (Å²) in [5.74, 6) is 1.07. The van der Waals surface area contributed by atoms with Crippen LogP contribution in [0.5, 0.6) is 5.75 Å². The molecule has 1 nitrogen and oxygen atoms in total. The molecule has 0 heterocycles. The molecule has 0 aliphatic rings. The summed E-state index contributed by atoms with van der Waals surface area (Å²) in [6.07, 6.45) is 16.9. The standard InChI is InChI=1S/C23H40O/c1-4-6-8-9-10-11-12-14-17-22-21(18-15-19-23(22)24)20(3)16-13-7-5-2/h15,18-20,24H,4-14,16-17H2,1-3H3. The molecular weight excluding hydrogens is 292 g/mol. The van der Waals surface area contributed by atoms with Crippen LogP contribution >= 0.6 is 0 Å². The lowest BCUT2D eigenvalue weighted by atomic mass is 9.88. The number of rotatable bonds is 14. The maximum Gasteiger partial charge on any atom is 0.119 e. The van der Waals surface area contributed by atoms with E-state index in [4.69, 9.17) is 0 Å². The molecule has 1 unspecified atom stereocenters. The first-order chi connectivity index (χ1) is 11.7. The molecule has 0 bridgehead atoms. The second-order valence-electron chi connectivity index (χ2n) is 7.47. The van der Waals surface area contributed by atoms with Crippen LogP contribution in [-0.4, -0.2) is 5.11 Å². The van der Waals surface area contributed by atoms with Crippen LogP contribution in [0.15, 0.2) is 18.2 Å². The molecule has 24 heavy (non-hydrogen) atoms. The summed E-state index contributed by atoms with van der Waals surface area (Å²) in [4.78, 5) is 0. The molecule has 1 N–H and O–H groups in total. The summed E-state index contributed by atoms with van der Waals surface area (Å²) in [6.45, 7) is 6.85. The predicted molar refractivity (Wildman–Crippen MR) is 107 cm³/mol. The Morgan fingerprint density at radius 1 is 0.792 bits per heavy atom. The van der Waals surface area contributed by atoms with Crippen molar-refractivity contribution in [1.29, 1.82) is 0 Å². The Morgan fingerprint density at radius 2 is 1.38 bits per heavy atom. The average molecular weight is 333 g/mol. The fourth-order valence-corrected chi connectivity index (χ4v) is 3.62. The molecule has 1 atom stereocenters. The minimum absolute atomic E-state index is 0.512. The van der Waals surface area contributed by atoms with Crippen LogP contribution in [-0.2, 0) is 6.42 Å². The van der Waals surface area contributed by atoms with Crippen LogP contribution in [0.3, 0.4) is 0 Å². The minimum atomic E-state index is 0.512. The Morgan fingerprint density at radius 3 is 2.04 bits per heavy atom. The molecule has 0 radical (unpaired) electrons. The van der Waals surface area contributed by atoms with Crippen LogP contribution < -0.4 is 0 Å². The van der Waals surface area contributed by atoms with Crippen LogP contribution in [0, 0.1) is 0 Å². The zero-order chi connectivity index (χ0) is 17.6. The molecule has 1 aromatic rings. The zero-order valence-corrected chi connectivity index (χ0v) is 16.4. The largest absolute Gasteiger partial charge is 0.508 e. The van der Waals surface area contributed by atoms with Gasteiger partial charge in [-0.2, -0.15) is 0 Å². The first kappa shape index (κ1) is 21.1. The smallest absolute Gasteiger partial charge is 0.119 e. The molecule has 0 amide bonds. The van der Waals surface area contributed by atoms with Gasteiger partial charge in [-0.05, 0) is 42.4 Å². The van der Waals surface area contributed by atoms with E-state index in [1.165, 1.54) is 88.2 Å². The molecule has 0 aliphatic carbocycles. The molecule has 138 valence electrons. The fourth-order valence-electron chi connectivity index (χ4n) is 3.62. The van der Waals surface area contributed by atoms with E-state index in [9.17, 15) is 5.11 Å². The Hall–Kier alpha value is -0.980. The molecule has 1 aromatic carbocycles. The normalized spacial score (nSPS) is 12.5. The molecule has 0 fully saturated rings. The quantitative estimate of drug-likeness (QED) is 0.345. The third kappa shape index (κ3) is 8.22. The Kier molecular flexibility index (Phi) is 11.7. The highest BCUT2D eigenvalue weighted by molar-refractivity contribution is 5.41. The van der Waals surface area contributed by atoms with Crippen LogP contribution in [0.1, 0.15) is 115 Å². The van der Waals surface area contributed by atoms with E-state index in [0.29, 0.717) is 11.7 Å². The SMILES string of the molecule is CCCCCCCCCCc1c(O)cccc1C(C)CCCCC. The van der Waals surface area contributed by atoms with Gasteiger partial charge in [-0.3, -0.25) is 0 Å². The van der Waals surface area contributed by atoms with Crippen molar-refractivity contribution < 1.29 is 5.11 Å². The van der Waals surface area contributed by atoms with Crippen molar-refractivity contribution in [2.75, 3.05) is 0 Å². The van der Waals surface area contributed by atoms with Crippen molar-refractivity contribution in [1.82, 2.24) is 0 Å². The van der Waals surface area contributed by atoms with E-state index < -0.39 is 0 Å². The summed E-state index contributed by atoms with van der Waals surface area (Å²) in [5.41, 5.74) is 2.60. The van der Waals surface area contributed by atoms with Gasteiger partial charge in [0.15, 0.2) is 0 Å². The summed E-state index contributed by atoms with van der Waals surface area (Å²) in [7, 11) is 0. The fraction of sp³-hybridized carbons (Fsp3) is 0.739. The van der Waals surface area contributed by atoms with Gasteiger partial charge in [0.1, 0.15) is 5.75 Å². The molecule has 0 aromatic heterocycles. The molecule has 1 rings (SSSR count). The van der Waals surface area contributed by atoms with Gasteiger partial charge in [-0.25, -0.2) is 0 Å². The highest BCUT2D eigenvalue weighted by Gasteiger charge is 2.13. The number of hydrogen-bond acceptors (Lipinski definition) is 1. The summed E-state index contributed by atoms with van der Waals surface area (Å²) in [6, 6.07) is 6.11. The van der Waals surface area contributed by atoms with Gasteiger partial charge in [0, 0.05) is 0 Å². The Bertz CT molecular complexity index is 424. The number of hydrogen-bond donors (Lipinski definition) is 1. The van der Waals surface area contributed by atoms with Crippen molar-refractivity contribution in [2.24, 2.45) is 0 Å². The van der Waals surface area contributed by atoms with Crippen molar-refractivity contribution in [3.8, 4) is 5.75 Å². The summed E-state index contributed by atoms with van der Waals surface area (Å²) < 4.78 is 0. The lowest BCUT2D eigenvalue weighted by Gasteiger charge is -2.18. The number of unbranched alkanes of at least 4 members (excludes halogenated alkanes) is 9. The summed E-state index contributed by atoms with van der Waals surface area (Å²) >= 11 is 0. The predicted octanol–water partition coefficient (Wildman–Crippen LogP) is 7.76. The minimum Gasteiger partial charge on any atom is -0.508 e. The van der Waals surface area contributed by atoms with E-state index in [0.717, 1.165) is 6.42 Å². The van der Waals surface area contributed by atoms with Crippen molar-refractivity contribution in [3.63, 3.8) is 0 Å². The highest BCUT2D eigenvalue weighted by atomic mass is 16.3. The topological polar surface area (TPSA) is 20.2 Å². The van der Waals surface area contributed by atoms with Crippen molar-refractivity contribution in [3.05, 3.63) is 29.3 Å². The monoisotopic (exact) mass is 332 g/mol. The van der Waals surface area contributed by atoms with E-state index in [-0.39, 0.29) is 0 Å². The lowest BCUT2D eigenvalue weighted by molar-refractivity contribution is 0.462. The lowest BCUT2D eigenvalue weighted by Crippen LogP contribution is -2.01. The van der Waals surface area contributed by atoms with Gasteiger partial charge in [0.25, 0.3) is 0 Å². The molecule has 0 aliphatic heterocycles. The first-order valence-corrected chi connectivity index (χ1v) is 10.5. The zero-order valence-electron chi connectivity index (χ0n) is 16.4. The molecule has 0 spiro atoms. The maximum absolute atomic E-state index is 10.3. The molecule has 0 saturated heterocycles. The first-order valence-electron chi connectivity index (χ1n) is 10.5. The van der Waals surface area contributed by atoms with Gasteiger partial charge in [-0.15, -0.1) is 0 Å². The van der Waals surface area contributed by atoms with Gasteiger partial charge >= 0.3 is 0 Å².